The molecule has 150 valence electrons. The lowest BCUT2D eigenvalue weighted by atomic mass is 10.2. The number of hydrogen-bond acceptors (Lipinski definition) is 4. The van der Waals surface area contributed by atoms with Gasteiger partial charge < -0.3 is 10.1 Å². The molecule has 1 aromatic heterocycles. The monoisotopic (exact) mass is 409 g/mol. The minimum Gasteiger partial charge on any atom is -0.484 e. The predicted molar refractivity (Wildman–Crippen MR) is 116 cm³/mol. The molecule has 3 aromatic rings. The van der Waals surface area contributed by atoms with Crippen molar-refractivity contribution in [2.75, 3.05) is 23.6 Å². The van der Waals surface area contributed by atoms with E-state index in [1.54, 1.807) is 40.7 Å². The molecule has 7 heteroatoms. The van der Waals surface area contributed by atoms with Crippen LogP contribution in [-0.4, -0.2) is 29.4 Å². The molecule has 6 nitrogen and oxygen atoms in total. The van der Waals surface area contributed by atoms with Gasteiger partial charge in [-0.1, -0.05) is 0 Å². The molecule has 0 aliphatic heterocycles. The van der Waals surface area contributed by atoms with Crippen molar-refractivity contribution in [1.29, 1.82) is 0 Å². The number of hydrogen-bond donors (Lipinski definition) is 2. The quantitative estimate of drug-likeness (QED) is 0.573. The molecule has 0 aliphatic rings. The molecule has 0 unspecified atom stereocenters. The molecule has 0 bridgehead atoms. The summed E-state index contributed by atoms with van der Waals surface area (Å²) < 4.78 is 7.25. The lowest BCUT2D eigenvalue weighted by Crippen LogP contribution is -2.24. The van der Waals surface area contributed by atoms with Crippen LogP contribution >= 0.6 is 11.8 Å². The molecule has 2 amide bonds. The number of rotatable bonds is 7. The molecule has 0 saturated carbocycles. The van der Waals surface area contributed by atoms with Crippen molar-refractivity contribution in [3.05, 3.63) is 77.6 Å². The molecule has 0 radical (unpaired) electrons. The van der Waals surface area contributed by atoms with E-state index >= 15 is 0 Å². The Labute approximate surface area is 174 Å². The summed E-state index contributed by atoms with van der Waals surface area (Å²) in [5, 5.41) is 2.79. The minimum atomic E-state index is -0.248. The van der Waals surface area contributed by atoms with Gasteiger partial charge in [-0.3, -0.25) is 19.7 Å². The number of nitrogens with one attached hydrogen (secondary N) is 2. The number of carbonyl (C=O) groups is 2. The first-order chi connectivity index (χ1) is 14.0. The Hall–Kier alpha value is -3.19. The van der Waals surface area contributed by atoms with Crippen LogP contribution in [0.3, 0.4) is 0 Å². The lowest BCUT2D eigenvalue weighted by molar-refractivity contribution is -0.118. The number of ether oxygens (including phenoxy) is 1. The van der Waals surface area contributed by atoms with E-state index in [0.29, 0.717) is 11.3 Å². The molecule has 0 aliphatic carbocycles. The third-order valence-electron chi connectivity index (χ3n) is 4.34. The van der Waals surface area contributed by atoms with Gasteiger partial charge in [-0.05, 0) is 80.8 Å². The average molecular weight is 410 g/mol. The van der Waals surface area contributed by atoms with Gasteiger partial charge in [0.15, 0.2) is 6.61 Å². The molecule has 2 aromatic carbocycles. The van der Waals surface area contributed by atoms with Crippen LogP contribution in [0.25, 0.3) is 0 Å². The first-order valence-electron chi connectivity index (χ1n) is 9.09. The fraction of sp³-hybridized carbons (Fsp3) is 0.182. The van der Waals surface area contributed by atoms with Crippen molar-refractivity contribution in [3.63, 3.8) is 0 Å². The van der Waals surface area contributed by atoms with Gasteiger partial charge in [-0.15, -0.1) is 11.8 Å². The van der Waals surface area contributed by atoms with Gasteiger partial charge in [0.1, 0.15) is 5.75 Å². The second kappa shape index (κ2) is 9.34. The SMILES string of the molecule is CSc1ccc(NC(=O)COc2ccc(C(=O)Nn3c(C)ccc3C)cc2)cc1. The number of anilines is 1. The first kappa shape index (κ1) is 20.5. The predicted octanol–water partition coefficient (Wildman–Crippen LogP) is 4.23. The van der Waals surface area contributed by atoms with Crippen molar-refractivity contribution in [1.82, 2.24) is 4.68 Å². The molecule has 3 rings (SSSR count). The van der Waals surface area contributed by atoms with E-state index in [9.17, 15) is 9.59 Å². The van der Waals surface area contributed by atoms with E-state index < -0.39 is 0 Å². The van der Waals surface area contributed by atoms with E-state index in [1.807, 2.05) is 56.5 Å². The third kappa shape index (κ3) is 5.42. The molecule has 0 saturated heterocycles. The summed E-state index contributed by atoms with van der Waals surface area (Å²) in [7, 11) is 0. The molecular weight excluding hydrogens is 386 g/mol. The zero-order chi connectivity index (χ0) is 20.8. The number of benzene rings is 2. The summed E-state index contributed by atoms with van der Waals surface area (Å²) in [5.41, 5.74) is 5.97. The first-order valence-corrected chi connectivity index (χ1v) is 10.3. The van der Waals surface area contributed by atoms with E-state index in [1.165, 1.54) is 0 Å². The second-order valence-corrected chi connectivity index (χ2v) is 7.36. The Morgan fingerprint density at radius 1 is 0.931 bits per heavy atom. The Morgan fingerprint density at radius 3 is 2.14 bits per heavy atom. The summed E-state index contributed by atoms with van der Waals surface area (Å²) >= 11 is 1.64. The molecule has 0 atom stereocenters. The Morgan fingerprint density at radius 2 is 1.55 bits per heavy atom. The summed E-state index contributed by atoms with van der Waals surface area (Å²) in [4.78, 5) is 25.6. The van der Waals surface area contributed by atoms with Crippen LogP contribution < -0.4 is 15.5 Å². The number of aromatic nitrogens is 1. The fourth-order valence-corrected chi connectivity index (χ4v) is 3.14. The van der Waals surface area contributed by atoms with Gasteiger partial charge in [-0.25, -0.2) is 0 Å². The van der Waals surface area contributed by atoms with E-state index in [4.69, 9.17) is 4.74 Å². The van der Waals surface area contributed by atoms with Crippen LogP contribution in [0.1, 0.15) is 21.7 Å². The summed E-state index contributed by atoms with van der Waals surface area (Å²) in [6.45, 7) is 3.73. The molecule has 0 spiro atoms. The Bertz CT molecular complexity index is 976. The zero-order valence-electron chi connectivity index (χ0n) is 16.6. The van der Waals surface area contributed by atoms with E-state index in [0.717, 1.165) is 22.0 Å². The van der Waals surface area contributed by atoms with Gasteiger partial charge in [0.25, 0.3) is 11.8 Å². The maximum absolute atomic E-state index is 12.4. The van der Waals surface area contributed by atoms with Gasteiger partial charge in [0.05, 0.1) is 0 Å². The van der Waals surface area contributed by atoms with Crippen LogP contribution in [0.15, 0.2) is 65.6 Å². The minimum absolute atomic E-state index is 0.114. The van der Waals surface area contributed by atoms with Crippen molar-refractivity contribution in [2.24, 2.45) is 0 Å². The van der Waals surface area contributed by atoms with Gasteiger partial charge in [0.2, 0.25) is 0 Å². The normalized spacial score (nSPS) is 10.4. The van der Waals surface area contributed by atoms with Gasteiger partial charge in [-0.2, -0.15) is 0 Å². The molecule has 2 N–H and O–H groups in total. The summed E-state index contributed by atoms with van der Waals surface area (Å²) in [5.74, 6) is 0.0513. The number of aryl methyl sites for hydroxylation is 2. The van der Waals surface area contributed by atoms with Gasteiger partial charge >= 0.3 is 0 Å². The number of thioether (sulfide) groups is 1. The highest BCUT2D eigenvalue weighted by molar-refractivity contribution is 7.98. The maximum Gasteiger partial charge on any atom is 0.270 e. The lowest BCUT2D eigenvalue weighted by Gasteiger charge is -2.12. The van der Waals surface area contributed by atoms with Crippen LogP contribution in [0.2, 0.25) is 0 Å². The van der Waals surface area contributed by atoms with Crippen LogP contribution in [0.4, 0.5) is 5.69 Å². The standard InChI is InChI=1S/C22H23N3O3S/c1-15-4-5-16(2)25(15)24-22(27)17-6-10-19(11-7-17)28-14-21(26)23-18-8-12-20(29-3)13-9-18/h4-13H,14H2,1-3H3,(H,23,26)(H,24,27). The highest BCUT2D eigenvalue weighted by Crippen LogP contribution is 2.18. The summed E-state index contributed by atoms with van der Waals surface area (Å²) in [6.07, 6.45) is 2.00. The maximum atomic E-state index is 12.4. The Balaban J connectivity index is 1.52. The third-order valence-corrected chi connectivity index (χ3v) is 5.09. The number of carbonyl (C=O) groups excluding carboxylic acids is 2. The largest absolute Gasteiger partial charge is 0.484 e. The van der Waals surface area contributed by atoms with Crippen molar-refractivity contribution < 1.29 is 14.3 Å². The van der Waals surface area contributed by atoms with Gasteiger partial charge in [0, 0.05) is 27.5 Å². The van der Waals surface area contributed by atoms with Crippen LogP contribution in [-0.2, 0) is 4.79 Å². The molecular formula is C22H23N3O3S. The summed E-state index contributed by atoms with van der Waals surface area (Å²) in [6, 6.07) is 18.1. The number of amides is 2. The zero-order valence-corrected chi connectivity index (χ0v) is 17.4. The molecule has 1 heterocycles. The topological polar surface area (TPSA) is 72.4 Å². The molecule has 29 heavy (non-hydrogen) atoms. The van der Waals surface area contributed by atoms with Crippen molar-refractivity contribution in [2.45, 2.75) is 18.7 Å². The fourth-order valence-electron chi connectivity index (χ4n) is 2.73. The van der Waals surface area contributed by atoms with Crippen LogP contribution in [0, 0.1) is 13.8 Å². The Kier molecular flexibility index (Phi) is 6.61. The smallest absolute Gasteiger partial charge is 0.270 e. The highest BCUT2D eigenvalue weighted by atomic mass is 32.2. The second-order valence-electron chi connectivity index (χ2n) is 6.48. The van der Waals surface area contributed by atoms with Crippen molar-refractivity contribution >= 4 is 29.3 Å². The highest BCUT2D eigenvalue weighted by Gasteiger charge is 2.10. The van der Waals surface area contributed by atoms with Crippen molar-refractivity contribution in [3.8, 4) is 5.75 Å². The molecule has 0 fully saturated rings. The average Bonchev–Trinajstić information content (AvgIpc) is 3.05. The van der Waals surface area contributed by atoms with Crippen LogP contribution in [0.5, 0.6) is 5.75 Å². The van der Waals surface area contributed by atoms with E-state index in [2.05, 4.69) is 10.7 Å². The number of nitrogens with zero attached hydrogens (tertiary/aromatic N) is 1. The van der Waals surface area contributed by atoms with E-state index in [-0.39, 0.29) is 18.4 Å².